The molecule has 166 valence electrons. The van der Waals surface area contributed by atoms with Crippen LogP contribution in [0.2, 0.25) is 0 Å². The van der Waals surface area contributed by atoms with Crippen LogP contribution in [0.5, 0.6) is 34.5 Å². The van der Waals surface area contributed by atoms with Crippen LogP contribution in [0.15, 0.2) is 24.3 Å². The lowest BCUT2D eigenvalue weighted by molar-refractivity contribution is 0.278. The highest BCUT2D eigenvalue weighted by atomic mass is 16.3. The first-order valence-corrected chi connectivity index (χ1v) is 10.7. The Labute approximate surface area is 178 Å². The number of phenols is 6. The minimum atomic E-state index is -0.514. The lowest BCUT2D eigenvalue weighted by Crippen LogP contribution is -2.20. The number of aromatic hydroxyl groups is 6. The molecule has 0 aliphatic heterocycles. The summed E-state index contributed by atoms with van der Waals surface area (Å²) in [5, 5.41) is 58.8. The average Bonchev–Trinajstić information content (AvgIpc) is 2.69. The molecule has 0 fully saturated rings. The normalized spacial score (nSPS) is 13.3. The van der Waals surface area contributed by atoms with Gasteiger partial charge in [0.05, 0.1) is 0 Å². The van der Waals surface area contributed by atoms with Crippen molar-refractivity contribution in [1.29, 1.82) is 0 Å². The van der Waals surface area contributed by atoms with Gasteiger partial charge in [0, 0.05) is 0 Å². The summed E-state index contributed by atoms with van der Waals surface area (Å²) in [5.41, 5.74) is 1.50. The Bertz CT molecular complexity index is 786. The average molecular weight is 419 g/mol. The number of rotatable bonds is 11. The third-order valence-electron chi connectivity index (χ3n) is 5.76. The summed E-state index contributed by atoms with van der Waals surface area (Å²) in [6, 6.07) is 5.95. The van der Waals surface area contributed by atoms with E-state index in [1.54, 1.807) is 0 Å². The lowest BCUT2D eigenvalue weighted by atomic mass is 9.77. The molecule has 0 amide bonds. The van der Waals surface area contributed by atoms with Gasteiger partial charge in [-0.1, -0.05) is 46.0 Å². The summed E-state index contributed by atoms with van der Waals surface area (Å²) in [6.45, 7) is 4.26. The van der Waals surface area contributed by atoms with Crippen LogP contribution < -0.4 is 0 Å². The van der Waals surface area contributed by atoms with Crippen molar-refractivity contribution >= 4 is 0 Å². The molecule has 2 atom stereocenters. The van der Waals surface area contributed by atoms with E-state index in [0.29, 0.717) is 12.8 Å². The van der Waals surface area contributed by atoms with Gasteiger partial charge < -0.3 is 30.6 Å². The molecule has 0 spiro atoms. The molecule has 0 aliphatic carbocycles. The van der Waals surface area contributed by atoms with Crippen LogP contribution in [0.3, 0.4) is 0 Å². The second-order valence-corrected chi connectivity index (χ2v) is 8.18. The fourth-order valence-corrected chi connectivity index (χ4v) is 4.20. The quantitative estimate of drug-likeness (QED) is 0.217. The number of unbranched alkanes of at least 4 members (excludes halogenated alkanes) is 2. The molecule has 0 saturated carbocycles. The van der Waals surface area contributed by atoms with Crippen LogP contribution in [-0.2, 0) is 12.8 Å². The zero-order valence-corrected chi connectivity index (χ0v) is 17.8. The fraction of sp³-hybridized carbons (Fsp3) is 0.500. The van der Waals surface area contributed by atoms with E-state index in [2.05, 4.69) is 13.8 Å². The Morgan fingerprint density at radius 1 is 0.567 bits per heavy atom. The van der Waals surface area contributed by atoms with Gasteiger partial charge in [-0.05, 0) is 66.5 Å². The van der Waals surface area contributed by atoms with Gasteiger partial charge in [-0.2, -0.15) is 0 Å². The minimum absolute atomic E-state index is 0.244. The first-order chi connectivity index (χ1) is 14.3. The summed E-state index contributed by atoms with van der Waals surface area (Å²) in [7, 11) is 0. The van der Waals surface area contributed by atoms with E-state index in [1.807, 2.05) is 0 Å². The maximum absolute atomic E-state index is 9.88. The maximum Gasteiger partial charge on any atom is 0.200 e. The predicted octanol–water partition coefficient (Wildman–Crippen LogP) is 5.32. The van der Waals surface area contributed by atoms with Crippen molar-refractivity contribution < 1.29 is 30.6 Å². The molecule has 30 heavy (non-hydrogen) atoms. The van der Waals surface area contributed by atoms with Gasteiger partial charge in [0.25, 0.3) is 0 Å². The van der Waals surface area contributed by atoms with E-state index in [1.165, 1.54) is 24.3 Å². The van der Waals surface area contributed by atoms with Crippen molar-refractivity contribution in [3.05, 3.63) is 35.4 Å². The summed E-state index contributed by atoms with van der Waals surface area (Å²) in [4.78, 5) is 0. The van der Waals surface area contributed by atoms with E-state index in [-0.39, 0.29) is 34.8 Å². The summed E-state index contributed by atoms with van der Waals surface area (Å²) < 4.78 is 0. The number of hydrogen-bond donors (Lipinski definition) is 6. The number of hydrogen-bond acceptors (Lipinski definition) is 6. The van der Waals surface area contributed by atoms with Crippen LogP contribution in [0.4, 0.5) is 0 Å². The van der Waals surface area contributed by atoms with Crippen molar-refractivity contribution in [3.8, 4) is 34.5 Å². The van der Waals surface area contributed by atoms with Crippen LogP contribution >= 0.6 is 0 Å². The van der Waals surface area contributed by atoms with E-state index < -0.39 is 11.5 Å². The SMILES string of the molecule is CCCCC[C@@H](Cc1cc(O)c(O)c(O)c1)[C@@H](CCC)Cc1cc(O)c(O)c(O)c1. The summed E-state index contributed by atoms with van der Waals surface area (Å²) in [5.74, 6) is -1.88. The molecule has 6 N–H and O–H groups in total. The molecule has 2 aromatic carbocycles. The fourth-order valence-electron chi connectivity index (χ4n) is 4.20. The molecule has 6 nitrogen and oxygen atoms in total. The predicted molar refractivity (Wildman–Crippen MR) is 116 cm³/mol. The van der Waals surface area contributed by atoms with Gasteiger partial charge in [0.1, 0.15) is 0 Å². The molecule has 2 aromatic rings. The molecule has 0 aliphatic rings. The van der Waals surface area contributed by atoms with Gasteiger partial charge in [-0.25, -0.2) is 0 Å². The number of phenolic OH excluding ortho intramolecular Hbond substituents is 6. The third-order valence-corrected chi connectivity index (χ3v) is 5.76. The Kier molecular flexibility index (Phi) is 8.51. The van der Waals surface area contributed by atoms with Crippen molar-refractivity contribution in [2.75, 3.05) is 0 Å². The topological polar surface area (TPSA) is 121 Å². The van der Waals surface area contributed by atoms with Crippen molar-refractivity contribution in [3.63, 3.8) is 0 Å². The largest absolute Gasteiger partial charge is 0.504 e. The Balaban J connectivity index is 2.30. The minimum Gasteiger partial charge on any atom is -0.504 e. The lowest BCUT2D eigenvalue weighted by Gasteiger charge is -2.28. The first kappa shape index (κ1) is 23.5. The molecule has 0 aromatic heterocycles. The van der Waals surface area contributed by atoms with Gasteiger partial charge in [-0.15, -0.1) is 0 Å². The molecule has 0 saturated heterocycles. The highest BCUT2D eigenvalue weighted by molar-refractivity contribution is 5.52. The molecule has 0 bridgehead atoms. The second kappa shape index (κ2) is 10.9. The van der Waals surface area contributed by atoms with Gasteiger partial charge in [0.15, 0.2) is 34.5 Å². The monoisotopic (exact) mass is 418 g/mol. The van der Waals surface area contributed by atoms with Crippen LogP contribution in [0.1, 0.15) is 63.5 Å². The van der Waals surface area contributed by atoms with Gasteiger partial charge in [0.2, 0.25) is 0 Å². The highest BCUT2D eigenvalue weighted by Gasteiger charge is 2.23. The Hall–Kier alpha value is -2.76. The Morgan fingerprint density at radius 3 is 1.33 bits per heavy atom. The first-order valence-electron chi connectivity index (χ1n) is 10.7. The standard InChI is InChI=1S/C24H34O6/c1-3-5-6-8-18(10-16-13-21(27)24(30)22(28)14-16)17(7-4-2)9-15-11-19(25)23(29)20(26)12-15/h11-14,17-18,25-30H,3-10H2,1-2H3/t17-,18-/m0/s1. The van der Waals surface area contributed by atoms with E-state index >= 15 is 0 Å². The van der Waals surface area contributed by atoms with Crippen LogP contribution in [0, 0.1) is 11.8 Å². The van der Waals surface area contributed by atoms with Crippen molar-refractivity contribution in [1.82, 2.24) is 0 Å². The summed E-state index contributed by atoms with van der Waals surface area (Å²) in [6.07, 6.45) is 7.41. The zero-order valence-electron chi connectivity index (χ0n) is 17.8. The maximum atomic E-state index is 9.88. The highest BCUT2D eigenvalue weighted by Crippen LogP contribution is 2.40. The molecule has 2 rings (SSSR count). The number of benzene rings is 2. The molecule has 0 unspecified atom stereocenters. The zero-order chi connectivity index (χ0) is 22.3. The smallest absolute Gasteiger partial charge is 0.200 e. The third kappa shape index (κ3) is 6.12. The molecule has 6 heteroatoms. The second-order valence-electron chi connectivity index (χ2n) is 8.18. The van der Waals surface area contributed by atoms with E-state index in [4.69, 9.17) is 0 Å². The Morgan fingerprint density at radius 2 is 0.967 bits per heavy atom. The van der Waals surface area contributed by atoms with E-state index in [9.17, 15) is 30.6 Å². The molecular formula is C24H34O6. The van der Waals surface area contributed by atoms with Crippen molar-refractivity contribution in [2.45, 2.75) is 65.2 Å². The molecular weight excluding hydrogens is 384 g/mol. The molecule has 0 radical (unpaired) electrons. The van der Waals surface area contributed by atoms with Gasteiger partial charge in [-0.3, -0.25) is 0 Å². The van der Waals surface area contributed by atoms with E-state index in [0.717, 1.165) is 49.7 Å². The summed E-state index contributed by atoms with van der Waals surface area (Å²) >= 11 is 0. The van der Waals surface area contributed by atoms with Crippen molar-refractivity contribution in [2.24, 2.45) is 11.8 Å². The van der Waals surface area contributed by atoms with Crippen LogP contribution in [0.25, 0.3) is 0 Å². The molecule has 0 heterocycles. The van der Waals surface area contributed by atoms with Crippen LogP contribution in [-0.4, -0.2) is 30.6 Å². The van der Waals surface area contributed by atoms with Gasteiger partial charge >= 0.3 is 0 Å².